The minimum absolute atomic E-state index is 0. The van der Waals surface area contributed by atoms with Crippen LogP contribution in [0.15, 0.2) is 102 Å². The first-order valence-electron chi connectivity index (χ1n) is 12.6. The van der Waals surface area contributed by atoms with E-state index in [1.807, 2.05) is 66.2 Å². The second-order valence-electron chi connectivity index (χ2n) is 9.43. The molecule has 0 fully saturated rings. The Kier molecular flexibility index (Phi) is 7.62. The molecule has 5 nitrogen and oxygen atoms in total. The minimum atomic E-state index is 0. The van der Waals surface area contributed by atoms with Gasteiger partial charge in [-0.2, -0.15) is 6.07 Å². The van der Waals surface area contributed by atoms with Gasteiger partial charge in [0.15, 0.2) is 6.04 Å². The second kappa shape index (κ2) is 11.3. The van der Waals surface area contributed by atoms with E-state index in [0.29, 0.717) is 17.3 Å². The number of fused-ring (bicyclic) bond motifs is 4. The van der Waals surface area contributed by atoms with Gasteiger partial charge in [-0.05, 0) is 43.5 Å². The first-order valence-corrected chi connectivity index (χ1v) is 12.6. The molecule has 0 atom stereocenters. The molecule has 0 bridgehead atoms. The summed E-state index contributed by atoms with van der Waals surface area (Å²) in [5, 5.41) is 2.04. The van der Waals surface area contributed by atoms with Crippen molar-refractivity contribution < 1.29 is 29.1 Å². The number of aromatic nitrogens is 2. The van der Waals surface area contributed by atoms with Gasteiger partial charge in [0.25, 0.3) is 11.4 Å². The molecule has 0 aliphatic carbocycles. The Balaban J connectivity index is 0.000000187. The Morgan fingerprint density at radius 2 is 1.67 bits per heavy atom. The van der Waals surface area contributed by atoms with Gasteiger partial charge in [0.05, 0.1) is 0 Å². The Hall–Kier alpha value is -4.21. The first kappa shape index (κ1) is 26.4. The molecule has 0 amide bonds. The molecule has 3 aromatic heterocycles. The molecule has 1 radical (unpaired) electrons. The van der Waals surface area contributed by atoms with Crippen LogP contribution in [0.3, 0.4) is 0 Å². The number of pyridine rings is 2. The molecule has 0 saturated heterocycles. The van der Waals surface area contributed by atoms with E-state index in [1.165, 1.54) is 5.56 Å². The van der Waals surface area contributed by atoms with E-state index in [1.54, 1.807) is 6.20 Å². The Morgan fingerprint density at radius 3 is 2.41 bits per heavy atom. The zero-order chi connectivity index (χ0) is 26.1. The fourth-order valence-electron chi connectivity index (χ4n) is 4.49. The van der Waals surface area contributed by atoms with Gasteiger partial charge in [-0.25, -0.2) is 4.98 Å². The van der Waals surface area contributed by atoms with Crippen molar-refractivity contribution in [3.63, 3.8) is 0 Å². The number of rotatable bonds is 3. The molecular formula is C33H26IrN4O. The van der Waals surface area contributed by atoms with Crippen LogP contribution >= 0.6 is 0 Å². The summed E-state index contributed by atoms with van der Waals surface area (Å²) in [6.45, 7) is 6.35. The van der Waals surface area contributed by atoms with Gasteiger partial charge in [0.2, 0.25) is 5.71 Å². The van der Waals surface area contributed by atoms with Crippen LogP contribution in [0.25, 0.3) is 33.3 Å². The van der Waals surface area contributed by atoms with Crippen molar-refractivity contribution in [3.05, 3.63) is 115 Å². The van der Waals surface area contributed by atoms with Crippen LogP contribution in [-0.2, 0) is 20.1 Å². The van der Waals surface area contributed by atoms with Crippen LogP contribution in [0.2, 0.25) is 0 Å². The summed E-state index contributed by atoms with van der Waals surface area (Å²) in [5.41, 5.74) is 7.71. The van der Waals surface area contributed by atoms with Gasteiger partial charge >= 0.3 is 6.01 Å². The monoisotopic (exact) mass is 687 g/mol. The molecule has 193 valence electrons. The fraction of sp³-hybridized carbons (Fsp3) is 0.121. The van der Waals surface area contributed by atoms with Crippen LogP contribution in [-0.4, -0.2) is 26.6 Å². The summed E-state index contributed by atoms with van der Waals surface area (Å²) < 4.78 is 10.1. The molecule has 39 heavy (non-hydrogen) atoms. The Morgan fingerprint density at radius 1 is 0.846 bits per heavy atom. The van der Waals surface area contributed by atoms with Crippen molar-refractivity contribution in [1.29, 1.82) is 0 Å². The van der Waals surface area contributed by atoms with E-state index < -0.39 is 0 Å². The van der Waals surface area contributed by atoms with Crippen LogP contribution < -0.4 is 4.58 Å². The summed E-state index contributed by atoms with van der Waals surface area (Å²) in [4.78, 5) is 8.61. The second-order valence-corrected chi connectivity index (χ2v) is 9.43. The fourth-order valence-corrected chi connectivity index (χ4v) is 4.49. The Bertz CT molecular complexity index is 1830. The van der Waals surface area contributed by atoms with Crippen LogP contribution in [0, 0.1) is 19.1 Å². The number of benzene rings is 3. The van der Waals surface area contributed by atoms with Gasteiger partial charge in [0.1, 0.15) is 5.69 Å². The number of nitrogens with zero attached hydrogens (tertiary/aromatic N) is 4. The number of aryl methyl sites for hydroxylation is 1. The van der Waals surface area contributed by atoms with Crippen molar-refractivity contribution in [3.8, 4) is 11.3 Å². The largest absolute Gasteiger partial charge is 0.494 e. The first-order chi connectivity index (χ1) is 18.6. The summed E-state index contributed by atoms with van der Waals surface area (Å²) in [7, 11) is 0. The molecule has 0 N–H and O–H groups in total. The van der Waals surface area contributed by atoms with E-state index in [9.17, 15) is 0 Å². The third-order valence-corrected chi connectivity index (χ3v) is 6.40. The average Bonchev–Trinajstić information content (AvgIpc) is 3.53. The van der Waals surface area contributed by atoms with Crippen LogP contribution in [0.4, 0.5) is 17.1 Å². The maximum atomic E-state index is 5.88. The summed E-state index contributed by atoms with van der Waals surface area (Å²) in [6, 6.07) is 38.6. The number of furan rings is 1. The molecule has 4 heterocycles. The van der Waals surface area contributed by atoms with Gasteiger partial charge in [-0.15, -0.1) is 35.9 Å². The van der Waals surface area contributed by atoms with Crippen LogP contribution in [0.5, 0.6) is 0 Å². The smallest absolute Gasteiger partial charge is 0.465 e. The molecule has 0 unspecified atom stereocenters. The van der Waals surface area contributed by atoms with Crippen molar-refractivity contribution in [1.82, 2.24) is 14.5 Å². The molecule has 0 saturated carbocycles. The van der Waals surface area contributed by atoms with Crippen molar-refractivity contribution in [2.24, 2.45) is 0 Å². The zero-order valence-corrected chi connectivity index (χ0v) is 24.2. The SMILES string of the molecule is CC(C)[N+]1=C=[N+](c2[c-]c3oc4ncccc4c3cc2)c2ccccc21.Cc1ccc(-c2[c-]cccc2)nc1.[Ir]. The van der Waals surface area contributed by atoms with Gasteiger partial charge < -0.3 is 9.40 Å². The van der Waals surface area contributed by atoms with E-state index in [0.717, 1.165) is 39.1 Å². The maximum Gasteiger partial charge on any atom is 0.494 e. The number of hydrogen-bond acceptors (Lipinski definition) is 3. The minimum Gasteiger partial charge on any atom is -0.465 e. The van der Waals surface area contributed by atoms with Gasteiger partial charge in [0, 0.05) is 50.2 Å². The number of para-hydroxylation sites is 2. The maximum absolute atomic E-state index is 5.88. The average molecular weight is 687 g/mol. The number of hydrogen-bond donors (Lipinski definition) is 0. The normalized spacial score (nSPS) is 11.9. The summed E-state index contributed by atoms with van der Waals surface area (Å²) >= 11 is 0. The summed E-state index contributed by atoms with van der Waals surface area (Å²) in [5.74, 6) is 0. The zero-order valence-electron chi connectivity index (χ0n) is 21.8. The molecule has 6 heteroatoms. The van der Waals surface area contributed by atoms with E-state index in [2.05, 4.69) is 82.9 Å². The molecule has 1 aliphatic rings. The van der Waals surface area contributed by atoms with Gasteiger partial charge in [-0.1, -0.05) is 57.0 Å². The topological polar surface area (TPSA) is 44.9 Å². The molecule has 0 spiro atoms. The predicted molar refractivity (Wildman–Crippen MR) is 152 cm³/mol. The Labute approximate surface area is 241 Å². The molecule has 3 aromatic carbocycles. The van der Waals surface area contributed by atoms with Gasteiger partial charge in [-0.3, -0.25) is 0 Å². The van der Waals surface area contributed by atoms with E-state index >= 15 is 0 Å². The van der Waals surface area contributed by atoms with Crippen molar-refractivity contribution >= 4 is 45.1 Å². The third-order valence-electron chi connectivity index (χ3n) is 6.40. The van der Waals surface area contributed by atoms with E-state index in [-0.39, 0.29) is 20.1 Å². The van der Waals surface area contributed by atoms with Crippen molar-refractivity contribution in [2.45, 2.75) is 26.8 Å². The van der Waals surface area contributed by atoms with Crippen molar-refractivity contribution in [2.75, 3.05) is 0 Å². The molecular weight excluding hydrogens is 661 g/mol. The van der Waals surface area contributed by atoms with Crippen LogP contribution in [0.1, 0.15) is 19.4 Å². The standard InChI is InChI=1S/C21H16N3O.C12H10N.Ir/c1-14(2)23-13-24(19-8-4-3-7-18(19)23)15-9-10-16-17-6-5-11-22-21(17)25-20(16)12-15;1-10-7-8-12(13-9-10)11-5-3-2-4-6-11;/h3-11,14H,1-2H3;2-5,7-9H,1H3;/q+1;-1;. The van der Waals surface area contributed by atoms with E-state index in [4.69, 9.17) is 4.42 Å². The predicted octanol–water partition coefficient (Wildman–Crippen LogP) is 7.71. The molecule has 7 rings (SSSR count). The molecule has 1 aliphatic heterocycles. The molecule has 6 aromatic rings. The summed E-state index contributed by atoms with van der Waals surface area (Å²) in [6.07, 6.45) is 3.61. The quantitative estimate of drug-likeness (QED) is 0.142. The third kappa shape index (κ3) is 5.23.